The number of amides is 1. The molecule has 224 valence electrons. The van der Waals surface area contributed by atoms with Crippen molar-refractivity contribution in [1.82, 2.24) is 14.7 Å². The number of rotatable bonds is 12. The molecule has 0 fully saturated rings. The number of aromatic nitrogens is 2. The van der Waals surface area contributed by atoms with Crippen LogP contribution >= 0.6 is 11.6 Å². The predicted molar refractivity (Wildman–Crippen MR) is 173 cm³/mol. The van der Waals surface area contributed by atoms with Crippen molar-refractivity contribution in [2.24, 2.45) is 0 Å². The van der Waals surface area contributed by atoms with Crippen molar-refractivity contribution < 1.29 is 13.2 Å². The molecule has 0 spiro atoms. The number of aryl methyl sites for hydroxylation is 2. The van der Waals surface area contributed by atoms with E-state index in [0.717, 1.165) is 79.2 Å². The first kappa shape index (κ1) is 30.7. The van der Waals surface area contributed by atoms with Crippen molar-refractivity contribution in [3.63, 3.8) is 0 Å². The van der Waals surface area contributed by atoms with Crippen LogP contribution in [0.15, 0.2) is 78.9 Å². The Balaban J connectivity index is 1.18. The number of nitrogens with one attached hydrogen (secondary N) is 1. The Morgan fingerprint density at radius 1 is 0.860 bits per heavy atom. The van der Waals surface area contributed by atoms with Gasteiger partial charge in [0.25, 0.3) is 0 Å². The molecule has 0 radical (unpaired) electrons. The van der Waals surface area contributed by atoms with E-state index in [1.165, 1.54) is 5.56 Å². The number of sulfonamides is 1. The van der Waals surface area contributed by atoms with Gasteiger partial charge in [0.05, 0.1) is 22.8 Å². The van der Waals surface area contributed by atoms with Crippen LogP contribution in [0.2, 0.25) is 5.02 Å². The highest BCUT2D eigenvalue weighted by molar-refractivity contribution is 7.89. The Bertz CT molecular complexity index is 1640. The van der Waals surface area contributed by atoms with Crippen LogP contribution in [-0.4, -0.2) is 37.4 Å². The van der Waals surface area contributed by atoms with Gasteiger partial charge >= 0.3 is 0 Å². The summed E-state index contributed by atoms with van der Waals surface area (Å²) in [7, 11) is -3.70. The first-order valence-electron chi connectivity index (χ1n) is 14.8. The Morgan fingerprint density at radius 2 is 1.51 bits per heavy atom. The maximum Gasteiger partial charge on any atom is 0.239 e. The van der Waals surface area contributed by atoms with Crippen LogP contribution < -0.4 is 9.62 Å². The zero-order valence-corrected chi connectivity index (χ0v) is 26.0. The lowest BCUT2D eigenvalue weighted by Gasteiger charge is -2.30. The first-order chi connectivity index (χ1) is 20.8. The number of anilines is 1. The van der Waals surface area contributed by atoms with Crippen molar-refractivity contribution in [3.8, 4) is 22.5 Å². The first-order valence-corrected chi connectivity index (χ1v) is 16.9. The van der Waals surface area contributed by atoms with Crippen molar-refractivity contribution in [3.05, 3.63) is 101 Å². The molecule has 9 heteroatoms. The summed E-state index contributed by atoms with van der Waals surface area (Å²) in [6.45, 7) is 3.85. The van der Waals surface area contributed by atoms with Crippen LogP contribution in [0.4, 0.5) is 5.82 Å². The normalized spacial score (nSPS) is 13.0. The Labute approximate surface area is 259 Å². The van der Waals surface area contributed by atoms with Gasteiger partial charge in [-0.15, -0.1) is 0 Å². The predicted octanol–water partition coefficient (Wildman–Crippen LogP) is 7.12. The molecule has 0 bridgehead atoms. The molecule has 0 saturated carbocycles. The maximum absolute atomic E-state index is 12.3. The number of nitrogens with zero attached hydrogens (tertiary/aromatic N) is 3. The van der Waals surface area contributed by atoms with Crippen LogP contribution in [0.5, 0.6) is 0 Å². The number of benzene rings is 3. The molecule has 0 aliphatic carbocycles. The van der Waals surface area contributed by atoms with E-state index in [4.69, 9.17) is 21.6 Å². The number of hydrogen-bond donors (Lipinski definition) is 1. The fourth-order valence-electron chi connectivity index (χ4n) is 5.36. The molecule has 1 N–H and O–H groups in total. The molecule has 2 heterocycles. The van der Waals surface area contributed by atoms with Gasteiger partial charge in [-0.25, -0.2) is 18.4 Å². The lowest BCUT2D eigenvalue weighted by molar-refractivity contribution is -0.119. The number of hydrogen-bond acceptors (Lipinski definition) is 6. The highest BCUT2D eigenvalue weighted by Crippen LogP contribution is 2.35. The largest absolute Gasteiger partial charge is 0.355 e. The minimum Gasteiger partial charge on any atom is -0.355 e. The molecule has 7 nitrogen and oxygen atoms in total. The molecule has 5 rings (SSSR count). The van der Waals surface area contributed by atoms with Gasteiger partial charge < -0.3 is 4.90 Å². The van der Waals surface area contributed by atoms with Gasteiger partial charge in [0.1, 0.15) is 0 Å². The van der Waals surface area contributed by atoms with Gasteiger partial charge in [-0.05, 0) is 50.3 Å². The van der Waals surface area contributed by atoms with Gasteiger partial charge in [-0.2, -0.15) is 0 Å². The number of unbranched alkanes of at least 4 members (excludes halogenated alkanes) is 3. The molecule has 43 heavy (non-hydrogen) atoms. The summed E-state index contributed by atoms with van der Waals surface area (Å²) < 4.78 is 26.8. The average Bonchev–Trinajstić information content (AvgIpc) is 2.99. The average molecular weight is 617 g/mol. The van der Waals surface area contributed by atoms with Gasteiger partial charge in [-0.3, -0.25) is 9.52 Å². The minimum atomic E-state index is -3.70. The van der Waals surface area contributed by atoms with Gasteiger partial charge in [0.2, 0.25) is 15.9 Å². The Kier molecular flexibility index (Phi) is 10.1. The second kappa shape index (κ2) is 14.1. The second-order valence-corrected chi connectivity index (χ2v) is 13.2. The Hall–Kier alpha value is -3.75. The highest BCUT2D eigenvalue weighted by Gasteiger charge is 2.24. The molecule has 1 aromatic heterocycles. The summed E-state index contributed by atoms with van der Waals surface area (Å²) in [5.74, 6) is 0.289. The second-order valence-electron chi connectivity index (χ2n) is 11.1. The summed E-state index contributed by atoms with van der Waals surface area (Å²) in [6, 6.07) is 25.0. The van der Waals surface area contributed by atoms with E-state index in [1.54, 1.807) is 24.3 Å². The molecule has 1 aliphatic rings. The van der Waals surface area contributed by atoms with Crippen molar-refractivity contribution in [1.29, 1.82) is 0 Å². The van der Waals surface area contributed by atoms with E-state index >= 15 is 0 Å². The quantitative estimate of drug-likeness (QED) is 0.170. The number of fused-ring (bicyclic) bond motifs is 1. The van der Waals surface area contributed by atoms with Crippen LogP contribution in [0.25, 0.3) is 22.5 Å². The summed E-state index contributed by atoms with van der Waals surface area (Å²) in [6.07, 6.45) is 5.48. The molecule has 4 aromatic rings. The molecule has 0 atom stereocenters. The van der Waals surface area contributed by atoms with E-state index in [1.807, 2.05) is 30.3 Å². The smallest absolute Gasteiger partial charge is 0.239 e. The summed E-state index contributed by atoms with van der Waals surface area (Å²) in [5.41, 5.74) is 6.62. The third-order valence-corrected chi connectivity index (χ3v) is 9.09. The molecule has 0 unspecified atom stereocenters. The monoisotopic (exact) mass is 616 g/mol. The van der Waals surface area contributed by atoms with Crippen LogP contribution in [0.3, 0.4) is 0 Å². The third-order valence-electron chi connectivity index (χ3n) is 7.58. The molecular weight excluding hydrogens is 580 g/mol. The van der Waals surface area contributed by atoms with Crippen LogP contribution in [0.1, 0.15) is 55.3 Å². The summed E-state index contributed by atoms with van der Waals surface area (Å²) in [4.78, 5) is 25.0. The van der Waals surface area contributed by atoms with Gasteiger partial charge in [-0.1, -0.05) is 96.7 Å². The summed E-state index contributed by atoms with van der Waals surface area (Å²) in [5, 5.41) is 0.680. The minimum absolute atomic E-state index is 0.193. The van der Waals surface area contributed by atoms with Crippen molar-refractivity contribution >= 4 is 33.3 Å². The van der Waals surface area contributed by atoms with E-state index in [9.17, 15) is 13.2 Å². The van der Waals surface area contributed by atoms with E-state index in [-0.39, 0.29) is 12.2 Å². The van der Waals surface area contributed by atoms with E-state index in [2.05, 4.69) is 40.8 Å². The topological polar surface area (TPSA) is 92.3 Å². The van der Waals surface area contributed by atoms with Crippen molar-refractivity contribution in [2.75, 3.05) is 18.0 Å². The highest BCUT2D eigenvalue weighted by atomic mass is 35.5. The zero-order chi connectivity index (χ0) is 30.2. The fourth-order valence-corrected chi connectivity index (χ4v) is 6.64. The summed E-state index contributed by atoms with van der Waals surface area (Å²) >= 11 is 6.19. The molecular formula is C34H37ClN4O3S. The Morgan fingerprint density at radius 3 is 2.23 bits per heavy atom. The standard InChI is InChI=1S/C34H37ClN4O3S/c1-25-14-16-27(17-15-25)32-33(28-18-20-29(35)21-19-28)37-34-30(36-32)12-9-23-39(34)22-8-3-2-7-13-31(40)38-43(41,42)24-26-10-5-4-6-11-26/h4-6,10-11,14-21H,2-3,7-9,12-13,22-24H2,1H3,(H,38,40). The number of carbonyl (C=O) groups is 1. The van der Waals surface area contributed by atoms with Crippen molar-refractivity contribution in [2.45, 2.75) is 57.6 Å². The maximum atomic E-state index is 12.3. The lowest BCUT2D eigenvalue weighted by atomic mass is 10.0. The number of carbonyl (C=O) groups excluding carboxylic acids is 1. The fraction of sp³-hybridized carbons (Fsp3) is 0.324. The third kappa shape index (κ3) is 8.42. The molecule has 1 amide bonds. The van der Waals surface area contributed by atoms with E-state index in [0.29, 0.717) is 17.0 Å². The van der Waals surface area contributed by atoms with Crippen LogP contribution in [0, 0.1) is 6.92 Å². The lowest BCUT2D eigenvalue weighted by Crippen LogP contribution is -2.32. The molecule has 3 aromatic carbocycles. The van der Waals surface area contributed by atoms with E-state index < -0.39 is 15.9 Å². The number of halogens is 1. The van der Waals surface area contributed by atoms with Crippen LogP contribution in [-0.2, 0) is 27.0 Å². The van der Waals surface area contributed by atoms with Gasteiger partial charge in [0, 0.05) is 35.7 Å². The molecule has 0 saturated heterocycles. The van der Waals surface area contributed by atoms with Gasteiger partial charge in [0.15, 0.2) is 5.82 Å². The zero-order valence-electron chi connectivity index (χ0n) is 24.4. The SMILES string of the molecule is Cc1ccc(-c2nc3c(nc2-c2ccc(Cl)cc2)N(CCCCCCC(=O)NS(=O)(=O)Cc2ccccc2)CCC3)cc1. The molecule has 1 aliphatic heterocycles.